The quantitative estimate of drug-likeness (QED) is 0.798. The lowest BCUT2D eigenvalue weighted by Crippen LogP contribution is -2.44. The van der Waals surface area contributed by atoms with Crippen LogP contribution in [0.3, 0.4) is 0 Å². The highest BCUT2D eigenvalue weighted by Gasteiger charge is 2.37. The van der Waals surface area contributed by atoms with E-state index in [1.807, 2.05) is 4.90 Å². The number of halogens is 1. The van der Waals surface area contributed by atoms with E-state index >= 15 is 0 Å². The van der Waals surface area contributed by atoms with Gasteiger partial charge in [0.1, 0.15) is 0 Å². The summed E-state index contributed by atoms with van der Waals surface area (Å²) < 4.78 is 1.11. The van der Waals surface area contributed by atoms with E-state index in [1.54, 1.807) is 6.92 Å². The van der Waals surface area contributed by atoms with Crippen LogP contribution in [-0.2, 0) is 4.79 Å². The highest BCUT2D eigenvalue weighted by molar-refractivity contribution is 9.10. The lowest BCUT2D eigenvalue weighted by atomic mass is 9.89. The van der Waals surface area contributed by atoms with E-state index in [2.05, 4.69) is 39.4 Å². The number of piperidine rings is 1. The van der Waals surface area contributed by atoms with Crippen LogP contribution in [0.4, 0.5) is 5.69 Å². The van der Waals surface area contributed by atoms with Crippen molar-refractivity contribution < 1.29 is 4.79 Å². The molecule has 1 fully saturated rings. The standard InChI is InChI=1S/C13H15BrN2O/c1-8(17)16-5-4-13-11(7-16)10-6-9(14)2-3-12(10)15-13/h2-3,6,11,13,15H,4-5,7H2,1H3. The summed E-state index contributed by atoms with van der Waals surface area (Å²) in [5.41, 5.74) is 2.57. The maximum atomic E-state index is 11.5. The molecule has 1 N–H and O–H groups in total. The van der Waals surface area contributed by atoms with Gasteiger partial charge in [0.25, 0.3) is 0 Å². The second-order valence-electron chi connectivity index (χ2n) is 4.84. The molecule has 3 rings (SSSR count). The zero-order chi connectivity index (χ0) is 12.0. The summed E-state index contributed by atoms with van der Waals surface area (Å²) in [6, 6.07) is 6.85. The second kappa shape index (κ2) is 4.02. The molecule has 2 unspecified atom stereocenters. The highest BCUT2D eigenvalue weighted by Crippen LogP contribution is 2.41. The van der Waals surface area contributed by atoms with Crippen LogP contribution in [0.5, 0.6) is 0 Å². The largest absolute Gasteiger partial charge is 0.381 e. The van der Waals surface area contributed by atoms with Crippen molar-refractivity contribution in [3.8, 4) is 0 Å². The first-order valence-corrected chi connectivity index (χ1v) is 6.76. The normalized spacial score (nSPS) is 26.1. The summed E-state index contributed by atoms with van der Waals surface area (Å²) in [4.78, 5) is 13.4. The molecule has 0 aliphatic carbocycles. The van der Waals surface area contributed by atoms with E-state index in [1.165, 1.54) is 11.3 Å². The number of carbonyl (C=O) groups is 1. The summed E-state index contributed by atoms with van der Waals surface area (Å²) in [6.07, 6.45) is 1.04. The van der Waals surface area contributed by atoms with Gasteiger partial charge in [-0.25, -0.2) is 0 Å². The summed E-state index contributed by atoms with van der Waals surface area (Å²) in [5.74, 6) is 0.632. The van der Waals surface area contributed by atoms with E-state index in [4.69, 9.17) is 0 Å². The molecule has 90 valence electrons. The Morgan fingerprint density at radius 2 is 2.35 bits per heavy atom. The minimum absolute atomic E-state index is 0.187. The van der Waals surface area contributed by atoms with Crippen molar-refractivity contribution in [2.45, 2.75) is 25.3 Å². The van der Waals surface area contributed by atoms with Gasteiger partial charge in [-0.2, -0.15) is 0 Å². The molecule has 1 aromatic carbocycles. The maximum absolute atomic E-state index is 11.5. The zero-order valence-corrected chi connectivity index (χ0v) is 11.3. The minimum atomic E-state index is 0.187. The number of benzene rings is 1. The van der Waals surface area contributed by atoms with Crippen LogP contribution in [0, 0.1) is 0 Å². The van der Waals surface area contributed by atoms with Crippen molar-refractivity contribution in [3.63, 3.8) is 0 Å². The number of nitrogens with zero attached hydrogens (tertiary/aromatic N) is 1. The van der Waals surface area contributed by atoms with E-state index in [-0.39, 0.29) is 5.91 Å². The third kappa shape index (κ3) is 1.84. The molecule has 4 heteroatoms. The predicted molar refractivity (Wildman–Crippen MR) is 71.2 cm³/mol. The Morgan fingerprint density at radius 1 is 1.53 bits per heavy atom. The number of anilines is 1. The molecule has 3 nitrogen and oxygen atoms in total. The predicted octanol–water partition coefficient (Wildman–Crippen LogP) is 2.58. The summed E-state index contributed by atoms with van der Waals surface area (Å²) in [5, 5.41) is 3.56. The van der Waals surface area contributed by atoms with Gasteiger partial charge in [0.2, 0.25) is 5.91 Å². The Kier molecular flexibility index (Phi) is 2.62. The van der Waals surface area contributed by atoms with Crippen molar-refractivity contribution >= 4 is 27.5 Å². The number of likely N-dealkylation sites (tertiary alicyclic amines) is 1. The van der Waals surface area contributed by atoms with Crippen LogP contribution in [-0.4, -0.2) is 29.9 Å². The van der Waals surface area contributed by atoms with E-state index < -0.39 is 0 Å². The number of amides is 1. The molecule has 0 bridgehead atoms. The Bertz CT molecular complexity index is 474. The van der Waals surface area contributed by atoms with Crippen LogP contribution in [0.15, 0.2) is 22.7 Å². The molecule has 17 heavy (non-hydrogen) atoms. The first kappa shape index (κ1) is 11.1. The van der Waals surface area contributed by atoms with Crippen molar-refractivity contribution in [1.82, 2.24) is 4.90 Å². The van der Waals surface area contributed by atoms with E-state index in [0.717, 1.165) is 24.0 Å². The van der Waals surface area contributed by atoms with Crippen molar-refractivity contribution in [2.24, 2.45) is 0 Å². The lowest BCUT2D eigenvalue weighted by molar-refractivity contribution is -0.130. The molecule has 2 aliphatic heterocycles. The third-order valence-electron chi connectivity index (χ3n) is 3.81. The molecule has 1 aromatic rings. The number of fused-ring (bicyclic) bond motifs is 3. The first-order chi connectivity index (χ1) is 8.15. The topological polar surface area (TPSA) is 32.3 Å². The summed E-state index contributed by atoms with van der Waals surface area (Å²) in [6.45, 7) is 3.37. The highest BCUT2D eigenvalue weighted by atomic mass is 79.9. The van der Waals surface area contributed by atoms with Gasteiger partial charge in [0.15, 0.2) is 0 Å². The fraction of sp³-hybridized carbons (Fsp3) is 0.462. The van der Waals surface area contributed by atoms with Gasteiger partial charge in [0.05, 0.1) is 0 Å². The molecule has 1 saturated heterocycles. The molecular weight excluding hydrogens is 280 g/mol. The maximum Gasteiger partial charge on any atom is 0.219 e. The van der Waals surface area contributed by atoms with Gasteiger partial charge in [-0.3, -0.25) is 4.79 Å². The molecule has 2 atom stereocenters. The zero-order valence-electron chi connectivity index (χ0n) is 9.74. The monoisotopic (exact) mass is 294 g/mol. The fourth-order valence-corrected chi connectivity index (χ4v) is 3.28. The average Bonchev–Trinajstić information content (AvgIpc) is 2.66. The molecule has 0 aromatic heterocycles. The summed E-state index contributed by atoms with van der Waals surface area (Å²) >= 11 is 3.52. The Balaban J connectivity index is 1.92. The van der Waals surface area contributed by atoms with Crippen molar-refractivity contribution in [1.29, 1.82) is 0 Å². The van der Waals surface area contributed by atoms with Gasteiger partial charge in [-0.1, -0.05) is 15.9 Å². The van der Waals surface area contributed by atoms with Gasteiger partial charge < -0.3 is 10.2 Å². The van der Waals surface area contributed by atoms with E-state index in [0.29, 0.717) is 12.0 Å². The number of hydrogen-bond acceptors (Lipinski definition) is 2. The van der Waals surface area contributed by atoms with Gasteiger partial charge in [-0.05, 0) is 30.2 Å². The Hall–Kier alpha value is -1.03. The molecule has 2 heterocycles. The van der Waals surface area contributed by atoms with Gasteiger partial charge in [-0.15, -0.1) is 0 Å². The number of hydrogen-bond donors (Lipinski definition) is 1. The number of nitrogens with one attached hydrogen (secondary N) is 1. The van der Waals surface area contributed by atoms with Crippen molar-refractivity contribution in [3.05, 3.63) is 28.2 Å². The van der Waals surface area contributed by atoms with E-state index in [9.17, 15) is 4.79 Å². The van der Waals surface area contributed by atoms with Crippen molar-refractivity contribution in [2.75, 3.05) is 18.4 Å². The Labute approximate surface area is 109 Å². The minimum Gasteiger partial charge on any atom is -0.381 e. The average molecular weight is 295 g/mol. The number of rotatable bonds is 0. The molecule has 0 spiro atoms. The number of carbonyl (C=O) groups excluding carboxylic acids is 1. The Morgan fingerprint density at radius 3 is 3.12 bits per heavy atom. The van der Waals surface area contributed by atoms with Gasteiger partial charge >= 0.3 is 0 Å². The smallest absolute Gasteiger partial charge is 0.219 e. The molecule has 1 amide bonds. The molecule has 0 saturated carbocycles. The van der Waals surface area contributed by atoms with Crippen LogP contribution >= 0.6 is 15.9 Å². The fourth-order valence-electron chi connectivity index (χ4n) is 2.90. The van der Waals surface area contributed by atoms with Crippen LogP contribution in [0.2, 0.25) is 0 Å². The molecule has 2 aliphatic rings. The summed E-state index contributed by atoms with van der Waals surface area (Å²) in [7, 11) is 0. The second-order valence-corrected chi connectivity index (χ2v) is 5.76. The first-order valence-electron chi connectivity index (χ1n) is 5.96. The molecule has 0 radical (unpaired) electrons. The third-order valence-corrected chi connectivity index (χ3v) is 4.31. The van der Waals surface area contributed by atoms with Crippen LogP contribution in [0.1, 0.15) is 24.8 Å². The SMILES string of the molecule is CC(=O)N1CCC2Nc3ccc(Br)cc3C2C1. The van der Waals surface area contributed by atoms with Crippen LogP contribution in [0.25, 0.3) is 0 Å². The van der Waals surface area contributed by atoms with Crippen LogP contribution < -0.4 is 5.32 Å². The lowest BCUT2D eigenvalue weighted by Gasteiger charge is -2.34. The molecular formula is C13H15BrN2O. The van der Waals surface area contributed by atoms with Gasteiger partial charge in [0, 0.05) is 42.1 Å².